The Labute approximate surface area is 111 Å². The van der Waals surface area contributed by atoms with Crippen molar-refractivity contribution in [1.82, 2.24) is 25.2 Å². The minimum atomic E-state index is -0.225. The summed E-state index contributed by atoms with van der Waals surface area (Å²) in [6.07, 6.45) is 6.95. The normalized spacial score (nSPS) is 12.0. The van der Waals surface area contributed by atoms with Gasteiger partial charge in [-0.2, -0.15) is 0 Å². The van der Waals surface area contributed by atoms with E-state index in [0.29, 0.717) is 12.4 Å². The van der Waals surface area contributed by atoms with Gasteiger partial charge in [0.05, 0.1) is 19.1 Å². The number of amides is 1. The molecule has 2 aromatic rings. The van der Waals surface area contributed by atoms with Crippen LogP contribution in [0.5, 0.6) is 0 Å². The molecule has 6 heteroatoms. The quantitative estimate of drug-likeness (QED) is 0.590. The van der Waals surface area contributed by atoms with Crippen molar-refractivity contribution < 1.29 is 4.79 Å². The Morgan fingerprint density at radius 1 is 1.53 bits per heavy atom. The first-order valence-electron chi connectivity index (χ1n) is 5.95. The van der Waals surface area contributed by atoms with Crippen LogP contribution in [0.2, 0.25) is 0 Å². The zero-order valence-corrected chi connectivity index (χ0v) is 10.6. The molecule has 0 saturated heterocycles. The Morgan fingerprint density at radius 2 is 2.37 bits per heavy atom. The molecule has 0 aliphatic carbocycles. The first-order chi connectivity index (χ1) is 9.22. The third-order valence-corrected chi connectivity index (χ3v) is 2.62. The second-order valence-corrected chi connectivity index (χ2v) is 4.08. The van der Waals surface area contributed by atoms with E-state index in [1.165, 1.54) is 0 Å². The van der Waals surface area contributed by atoms with Crippen molar-refractivity contribution in [2.24, 2.45) is 0 Å². The number of carbonyl (C=O) groups is 1. The van der Waals surface area contributed by atoms with Gasteiger partial charge in [-0.15, -0.1) is 16.6 Å². The largest absolute Gasteiger partial charge is 0.345 e. The van der Waals surface area contributed by atoms with Gasteiger partial charge in [0.1, 0.15) is 0 Å². The molecule has 2 rings (SSSR count). The molecule has 0 aliphatic rings. The average molecular weight is 257 g/mol. The fraction of sp³-hybridized carbons (Fsp3) is 0.308. The third-order valence-electron chi connectivity index (χ3n) is 2.62. The molecular formula is C13H15N5O. The molecule has 0 saturated carbocycles. The highest BCUT2D eigenvalue weighted by atomic mass is 16.2. The lowest BCUT2D eigenvalue weighted by molar-refractivity contribution is -0.120. The predicted octanol–water partition coefficient (Wildman–Crippen LogP) is 0.129. The lowest BCUT2D eigenvalue weighted by Crippen LogP contribution is -2.36. The molecule has 2 aromatic heterocycles. The van der Waals surface area contributed by atoms with Gasteiger partial charge in [-0.1, -0.05) is 12.0 Å². The maximum atomic E-state index is 11.7. The van der Waals surface area contributed by atoms with Crippen molar-refractivity contribution in [3.05, 3.63) is 30.2 Å². The highest BCUT2D eigenvalue weighted by Crippen LogP contribution is 2.11. The second-order valence-electron chi connectivity index (χ2n) is 4.08. The number of fused-ring (bicyclic) bond motifs is 1. The molecule has 0 aliphatic heterocycles. The van der Waals surface area contributed by atoms with Crippen LogP contribution in [0.3, 0.4) is 0 Å². The van der Waals surface area contributed by atoms with E-state index in [-0.39, 0.29) is 18.5 Å². The van der Waals surface area contributed by atoms with Crippen LogP contribution in [-0.4, -0.2) is 33.6 Å². The van der Waals surface area contributed by atoms with E-state index in [9.17, 15) is 4.79 Å². The number of carbonyl (C=O) groups excluding carboxylic acids is 1. The summed E-state index contributed by atoms with van der Waals surface area (Å²) in [5.74, 6) is 2.98. The molecule has 0 bridgehead atoms. The number of hydrogen-bond acceptors (Lipinski definition) is 4. The molecule has 0 spiro atoms. The summed E-state index contributed by atoms with van der Waals surface area (Å²) in [5, 5.41) is 13.8. The van der Waals surface area contributed by atoms with E-state index in [0.717, 1.165) is 5.65 Å². The van der Waals surface area contributed by atoms with Gasteiger partial charge in [-0.25, -0.2) is 0 Å². The number of terminal acetylenes is 1. The minimum absolute atomic E-state index is 0.129. The summed E-state index contributed by atoms with van der Waals surface area (Å²) < 4.78 is 1.85. The molecule has 98 valence electrons. The van der Waals surface area contributed by atoms with Gasteiger partial charge < -0.3 is 5.32 Å². The standard InChI is InChI=1S/C13H15N5O/c1-3-7-14-9-12(19)15-10(2)13-17-16-11-6-4-5-8-18(11)13/h1,4-6,8,10,14H,7,9H2,2H3,(H,15,19). The number of pyridine rings is 1. The Balaban J connectivity index is 2.02. The highest BCUT2D eigenvalue weighted by Gasteiger charge is 2.14. The van der Waals surface area contributed by atoms with Gasteiger partial charge >= 0.3 is 0 Å². The fourth-order valence-corrected chi connectivity index (χ4v) is 1.76. The van der Waals surface area contributed by atoms with Crippen LogP contribution >= 0.6 is 0 Å². The summed E-state index contributed by atoms with van der Waals surface area (Å²) in [6.45, 7) is 2.42. The first-order valence-corrected chi connectivity index (χ1v) is 5.95. The molecule has 0 fully saturated rings. The smallest absolute Gasteiger partial charge is 0.234 e. The Bertz CT molecular complexity index is 613. The second kappa shape index (κ2) is 5.98. The number of aromatic nitrogens is 3. The molecule has 1 atom stereocenters. The van der Waals surface area contributed by atoms with Crippen molar-refractivity contribution in [1.29, 1.82) is 0 Å². The molecule has 1 amide bonds. The zero-order chi connectivity index (χ0) is 13.7. The van der Waals surface area contributed by atoms with Crippen molar-refractivity contribution in [2.75, 3.05) is 13.1 Å². The van der Waals surface area contributed by atoms with E-state index in [1.807, 2.05) is 35.7 Å². The van der Waals surface area contributed by atoms with Gasteiger partial charge in [0.15, 0.2) is 11.5 Å². The van der Waals surface area contributed by atoms with E-state index in [4.69, 9.17) is 6.42 Å². The number of nitrogens with zero attached hydrogens (tertiary/aromatic N) is 3. The minimum Gasteiger partial charge on any atom is -0.345 e. The van der Waals surface area contributed by atoms with Crippen molar-refractivity contribution in [3.63, 3.8) is 0 Å². The zero-order valence-electron chi connectivity index (χ0n) is 10.6. The van der Waals surface area contributed by atoms with E-state index < -0.39 is 0 Å². The van der Waals surface area contributed by atoms with Gasteiger partial charge in [-0.3, -0.25) is 14.5 Å². The summed E-state index contributed by atoms with van der Waals surface area (Å²) >= 11 is 0. The van der Waals surface area contributed by atoms with E-state index >= 15 is 0 Å². The van der Waals surface area contributed by atoms with Gasteiger partial charge in [-0.05, 0) is 19.1 Å². The van der Waals surface area contributed by atoms with Crippen molar-refractivity contribution in [2.45, 2.75) is 13.0 Å². The summed E-state index contributed by atoms with van der Waals surface area (Å²) in [7, 11) is 0. The maximum absolute atomic E-state index is 11.7. The van der Waals surface area contributed by atoms with Crippen molar-refractivity contribution in [3.8, 4) is 12.3 Å². The van der Waals surface area contributed by atoms with Gasteiger partial charge in [0.2, 0.25) is 5.91 Å². The van der Waals surface area contributed by atoms with Gasteiger partial charge in [0, 0.05) is 6.20 Å². The Hall–Kier alpha value is -2.39. The molecule has 19 heavy (non-hydrogen) atoms. The lowest BCUT2D eigenvalue weighted by atomic mass is 10.3. The van der Waals surface area contributed by atoms with Crippen LogP contribution in [0.1, 0.15) is 18.8 Å². The average Bonchev–Trinajstić information content (AvgIpc) is 2.83. The van der Waals surface area contributed by atoms with Crippen molar-refractivity contribution >= 4 is 11.6 Å². The van der Waals surface area contributed by atoms with Crippen LogP contribution in [0, 0.1) is 12.3 Å². The summed E-state index contributed by atoms with van der Waals surface area (Å²) in [5.41, 5.74) is 0.754. The van der Waals surface area contributed by atoms with Crippen LogP contribution in [0.4, 0.5) is 0 Å². The predicted molar refractivity (Wildman–Crippen MR) is 71.2 cm³/mol. The number of rotatable bonds is 5. The lowest BCUT2D eigenvalue weighted by Gasteiger charge is -2.12. The molecule has 0 aromatic carbocycles. The first kappa shape index (κ1) is 13.1. The van der Waals surface area contributed by atoms with E-state index in [2.05, 4.69) is 26.8 Å². The number of hydrogen-bond donors (Lipinski definition) is 2. The van der Waals surface area contributed by atoms with Crippen LogP contribution in [0.15, 0.2) is 24.4 Å². The van der Waals surface area contributed by atoms with Crippen LogP contribution < -0.4 is 10.6 Å². The molecule has 6 nitrogen and oxygen atoms in total. The van der Waals surface area contributed by atoms with E-state index in [1.54, 1.807) is 0 Å². The topological polar surface area (TPSA) is 71.3 Å². The SMILES string of the molecule is C#CCNCC(=O)NC(C)c1nnc2ccccn12. The molecule has 2 heterocycles. The monoisotopic (exact) mass is 257 g/mol. The highest BCUT2D eigenvalue weighted by molar-refractivity contribution is 5.78. The molecule has 1 unspecified atom stereocenters. The molecular weight excluding hydrogens is 242 g/mol. The third kappa shape index (κ3) is 3.09. The van der Waals surface area contributed by atoms with Crippen LogP contribution in [0.25, 0.3) is 5.65 Å². The number of nitrogens with one attached hydrogen (secondary N) is 2. The summed E-state index contributed by atoms with van der Waals surface area (Å²) in [4.78, 5) is 11.7. The Morgan fingerprint density at radius 3 is 3.16 bits per heavy atom. The van der Waals surface area contributed by atoms with Crippen LogP contribution in [-0.2, 0) is 4.79 Å². The Kier molecular flexibility index (Phi) is 4.11. The fourth-order valence-electron chi connectivity index (χ4n) is 1.76. The van der Waals surface area contributed by atoms with Gasteiger partial charge in [0.25, 0.3) is 0 Å². The molecule has 2 N–H and O–H groups in total. The molecule has 0 radical (unpaired) electrons. The maximum Gasteiger partial charge on any atom is 0.234 e. The summed E-state index contributed by atoms with van der Waals surface area (Å²) in [6, 6.07) is 5.42.